The third kappa shape index (κ3) is 9.16. The summed E-state index contributed by atoms with van der Waals surface area (Å²) >= 11 is 1.08. The second kappa shape index (κ2) is 12.0. The highest BCUT2D eigenvalue weighted by Gasteiger charge is 2.05. The summed E-state index contributed by atoms with van der Waals surface area (Å²) in [5, 5.41) is 12.9. The number of hydrogen-bond acceptors (Lipinski definition) is 8. The fraction of sp³-hybridized carbons (Fsp3) is 0.833. The molecule has 2 N–H and O–H groups in total. The summed E-state index contributed by atoms with van der Waals surface area (Å²) in [7, 11) is 1.66. The van der Waals surface area contributed by atoms with E-state index in [1.807, 2.05) is 0 Å². The molecule has 20 heavy (non-hydrogen) atoms. The van der Waals surface area contributed by atoms with E-state index in [2.05, 4.69) is 14.1 Å². The van der Waals surface area contributed by atoms with E-state index in [1.165, 1.54) is 6.20 Å². The number of ether oxygens (including phenoxy) is 3. The first-order valence-electron chi connectivity index (χ1n) is 6.68. The van der Waals surface area contributed by atoms with Crippen LogP contribution in [0, 0.1) is 0 Å². The largest absolute Gasteiger partial charge is 0.473 e. The van der Waals surface area contributed by atoms with Crippen molar-refractivity contribution in [2.45, 2.75) is 18.9 Å². The summed E-state index contributed by atoms with van der Waals surface area (Å²) in [5.74, 6) is 0.460. The Labute approximate surface area is 123 Å². The Morgan fingerprint density at radius 3 is 3.00 bits per heavy atom. The molecule has 0 spiro atoms. The highest BCUT2D eigenvalue weighted by atomic mass is 32.1. The summed E-state index contributed by atoms with van der Waals surface area (Å²) in [5.41, 5.74) is 0. The maximum atomic E-state index is 9.68. The van der Waals surface area contributed by atoms with E-state index in [4.69, 9.17) is 14.2 Å². The minimum absolute atomic E-state index is 0.221. The van der Waals surface area contributed by atoms with E-state index in [-0.39, 0.29) is 6.61 Å². The predicted octanol–water partition coefficient (Wildman–Crippen LogP) is 0.311. The first-order chi connectivity index (χ1) is 9.83. The number of unbranched alkanes of at least 4 members (excludes halogenated alkanes) is 1. The molecule has 0 amide bonds. The van der Waals surface area contributed by atoms with E-state index in [9.17, 15) is 5.11 Å². The maximum Gasteiger partial charge on any atom is 0.245 e. The first kappa shape index (κ1) is 17.3. The molecule has 1 heterocycles. The average molecular weight is 305 g/mol. The zero-order chi connectivity index (χ0) is 14.5. The lowest BCUT2D eigenvalue weighted by atomic mass is 10.3. The Hall–Kier alpha value is -0.800. The van der Waals surface area contributed by atoms with Gasteiger partial charge in [-0.15, -0.1) is 4.37 Å². The number of aliphatic hydroxyl groups excluding tert-OH is 1. The van der Waals surface area contributed by atoms with Crippen LogP contribution in [-0.2, 0) is 9.47 Å². The zero-order valence-corrected chi connectivity index (χ0v) is 12.6. The van der Waals surface area contributed by atoms with Gasteiger partial charge in [-0.25, -0.2) is 0 Å². The molecular formula is C12H23N3O4S. The number of nitrogens with one attached hydrogen (secondary N) is 1. The lowest BCUT2D eigenvalue weighted by Gasteiger charge is -2.11. The summed E-state index contributed by atoms with van der Waals surface area (Å²) < 4.78 is 23.2. The van der Waals surface area contributed by atoms with Gasteiger partial charge in [-0.1, -0.05) is 0 Å². The summed E-state index contributed by atoms with van der Waals surface area (Å²) in [4.78, 5) is 0. The molecular weight excluding hydrogens is 282 g/mol. The van der Waals surface area contributed by atoms with Crippen LogP contribution in [0.5, 0.6) is 5.88 Å². The number of hydrogen-bond donors (Lipinski definition) is 2. The Kier molecular flexibility index (Phi) is 10.3. The minimum Gasteiger partial charge on any atom is -0.473 e. The second-order valence-corrected chi connectivity index (χ2v) is 4.78. The van der Waals surface area contributed by atoms with Gasteiger partial charge < -0.3 is 24.6 Å². The summed E-state index contributed by atoms with van der Waals surface area (Å²) in [6.07, 6.45) is 2.99. The Morgan fingerprint density at radius 2 is 2.25 bits per heavy atom. The molecule has 8 heteroatoms. The quantitative estimate of drug-likeness (QED) is 0.507. The van der Waals surface area contributed by atoms with E-state index >= 15 is 0 Å². The molecule has 0 aliphatic heterocycles. The van der Waals surface area contributed by atoms with Gasteiger partial charge in [0, 0.05) is 20.3 Å². The SMILES string of the molecule is COCCOCCCCNCC(O)COc1cnsn1. The topological polar surface area (TPSA) is 85.7 Å². The first-order valence-corrected chi connectivity index (χ1v) is 7.41. The van der Waals surface area contributed by atoms with Crippen molar-refractivity contribution in [3.8, 4) is 5.88 Å². The van der Waals surface area contributed by atoms with Crippen molar-refractivity contribution < 1.29 is 19.3 Å². The van der Waals surface area contributed by atoms with Crippen LogP contribution >= 0.6 is 11.7 Å². The fourth-order valence-corrected chi connectivity index (χ4v) is 1.79. The number of aliphatic hydroxyl groups is 1. The van der Waals surface area contributed by atoms with Crippen molar-refractivity contribution in [1.82, 2.24) is 14.1 Å². The fourth-order valence-electron chi connectivity index (χ4n) is 1.43. The van der Waals surface area contributed by atoms with Gasteiger partial charge in [0.1, 0.15) is 18.9 Å². The standard InChI is InChI=1S/C12H23N3O4S/c1-17-6-7-18-5-3-2-4-13-8-11(16)10-19-12-9-14-20-15-12/h9,11,13,16H,2-8,10H2,1H3. The molecule has 0 radical (unpaired) electrons. The van der Waals surface area contributed by atoms with Crippen LogP contribution in [0.1, 0.15) is 12.8 Å². The van der Waals surface area contributed by atoms with E-state index in [1.54, 1.807) is 7.11 Å². The second-order valence-electron chi connectivity index (χ2n) is 4.23. The molecule has 7 nitrogen and oxygen atoms in total. The van der Waals surface area contributed by atoms with Gasteiger partial charge in [0.25, 0.3) is 0 Å². The highest BCUT2D eigenvalue weighted by Crippen LogP contribution is 2.04. The van der Waals surface area contributed by atoms with Crippen LogP contribution in [0.15, 0.2) is 6.20 Å². The van der Waals surface area contributed by atoms with Gasteiger partial charge >= 0.3 is 0 Å². The van der Waals surface area contributed by atoms with Gasteiger partial charge in [-0.2, -0.15) is 4.37 Å². The lowest BCUT2D eigenvalue weighted by Crippen LogP contribution is -2.32. The van der Waals surface area contributed by atoms with Gasteiger partial charge in [-0.3, -0.25) is 0 Å². The van der Waals surface area contributed by atoms with Gasteiger partial charge in [0.2, 0.25) is 5.88 Å². The van der Waals surface area contributed by atoms with E-state index < -0.39 is 6.10 Å². The third-order valence-electron chi connectivity index (χ3n) is 2.47. The molecule has 0 aliphatic rings. The Morgan fingerprint density at radius 1 is 1.35 bits per heavy atom. The van der Waals surface area contributed by atoms with E-state index in [0.717, 1.165) is 37.7 Å². The predicted molar refractivity (Wildman–Crippen MR) is 76.2 cm³/mol. The van der Waals surface area contributed by atoms with Crippen molar-refractivity contribution >= 4 is 11.7 Å². The average Bonchev–Trinajstić information content (AvgIpc) is 2.96. The number of rotatable bonds is 13. The van der Waals surface area contributed by atoms with Crippen molar-refractivity contribution in [2.24, 2.45) is 0 Å². The van der Waals surface area contributed by atoms with Crippen LogP contribution in [0.4, 0.5) is 0 Å². The van der Waals surface area contributed by atoms with Gasteiger partial charge in [0.05, 0.1) is 24.9 Å². The van der Waals surface area contributed by atoms with Crippen molar-refractivity contribution in [2.75, 3.05) is 46.6 Å². The Bertz CT molecular complexity index is 314. The number of methoxy groups -OCH3 is 1. The van der Waals surface area contributed by atoms with Crippen LogP contribution in [0.3, 0.4) is 0 Å². The molecule has 0 saturated carbocycles. The number of aromatic nitrogens is 2. The molecule has 1 rings (SSSR count). The van der Waals surface area contributed by atoms with E-state index in [0.29, 0.717) is 25.6 Å². The normalized spacial score (nSPS) is 12.5. The molecule has 1 unspecified atom stereocenters. The molecule has 1 aromatic rings. The monoisotopic (exact) mass is 305 g/mol. The van der Waals surface area contributed by atoms with Crippen LogP contribution in [-0.4, -0.2) is 66.6 Å². The third-order valence-corrected chi connectivity index (χ3v) is 2.93. The van der Waals surface area contributed by atoms with Crippen molar-refractivity contribution in [3.63, 3.8) is 0 Å². The summed E-state index contributed by atoms with van der Waals surface area (Å²) in [6, 6.07) is 0. The van der Waals surface area contributed by atoms with Crippen LogP contribution in [0.2, 0.25) is 0 Å². The van der Waals surface area contributed by atoms with Gasteiger partial charge in [0.15, 0.2) is 0 Å². The molecule has 0 aliphatic carbocycles. The maximum absolute atomic E-state index is 9.68. The van der Waals surface area contributed by atoms with Crippen LogP contribution < -0.4 is 10.1 Å². The molecule has 0 bridgehead atoms. The molecule has 1 aromatic heterocycles. The molecule has 0 fully saturated rings. The Balaban J connectivity index is 1.83. The number of nitrogens with zero attached hydrogens (tertiary/aromatic N) is 2. The zero-order valence-electron chi connectivity index (χ0n) is 11.8. The molecule has 0 saturated heterocycles. The molecule has 116 valence electrons. The van der Waals surface area contributed by atoms with Crippen molar-refractivity contribution in [1.29, 1.82) is 0 Å². The van der Waals surface area contributed by atoms with Gasteiger partial charge in [-0.05, 0) is 19.4 Å². The smallest absolute Gasteiger partial charge is 0.245 e. The highest BCUT2D eigenvalue weighted by molar-refractivity contribution is 6.99. The molecule has 1 atom stereocenters. The molecule has 0 aromatic carbocycles. The summed E-state index contributed by atoms with van der Waals surface area (Å²) in [6.45, 7) is 3.60. The lowest BCUT2D eigenvalue weighted by molar-refractivity contribution is 0.0685. The van der Waals surface area contributed by atoms with Crippen LogP contribution in [0.25, 0.3) is 0 Å². The van der Waals surface area contributed by atoms with Crippen molar-refractivity contribution in [3.05, 3.63) is 6.20 Å². The minimum atomic E-state index is -0.547.